The molecular weight excluding hydrogens is 544 g/mol. The van der Waals surface area contributed by atoms with Gasteiger partial charge in [0.2, 0.25) is 11.8 Å². The van der Waals surface area contributed by atoms with E-state index >= 15 is 0 Å². The topological polar surface area (TPSA) is 101 Å². The van der Waals surface area contributed by atoms with Crippen molar-refractivity contribution in [2.75, 3.05) is 19.7 Å². The van der Waals surface area contributed by atoms with E-state index in [4.69, 9.17) is 14.5 Å². The van der Waals surface area contributed by atoms with Crippen molar-refractivity contribution >= 4 is 28.6 Å². The lowest BCUT2D eigenvalue weighted by Crippen LogP contribution is -2.52. The molecule has 4 aliphatic rings. The molecular formula is C34H38N4O5. The van der Waals surface area contributed by atoms with Crippen LogP contribution < -0.4 is 10.1 Å². The van der Waals surface area contributed by atoms with Crippen LogP contribution in [0.5, 0.6) is 5.75 Å². The van der Waals surface area contributed by atoms with Crippen molar-refractivity contribution in [1.82, 2.24) is 20.1 Å². The summed E-state index contributed by atoms with van der Waals surface area (Å²) < 4.78 is 12.3. The lowest BCUT2D eigenvalue weighted by Gasteiger charge is -2.35. The van der Waals surface area contributed by atoms with E-state index in [1.54, 1.807) is 11.0 Å². The van der Waals surface area contributed by atoms with Gasteiger partial charge in [-0.2, -0.15) is 0 Å². The van der Waals surface area contributed by atoms with Gasteiger partial charge in [0, 0.05) is 61.8 Å². The normalized spacial score (nSPS) is 25.7. The number of likely N-dealkylation sites (tertiary alicyclic amines) is 1. The molecule has 7 rings (SSSR count). The number of rotatable bonds is 6. The number of nitrogens with zero attached hydrogens (tertiary/aromatic N) is 3. The van der Waals surface area contributed by atoms with Gasteiger partial charge in [-0.1, -0.05) is 12.1 Å². The van der Waals surface area contributed by atoms with Gasteiger partial charge in [0.25, 0.3) is 5.91 Å². The number of aromatic nitrogens is 1. The van der Waals surface area contributed by atoms with Crippen LogP contribution in [-0.2, 0) is 27.4 Å². The van der Waals surface area contributed by atoms with Crippen molar-refractivity contribution < 1.29 is 23.9 Å². The Morgan fingerprint density at radius 1 is 1.05 bits per heavy atom. The minimum atomic E-state index is -0.613. The number of benzene rings is 2. The maximum Gasteiger partial charge on any atom is 0.255 e. The number of carbonyl (C=O) groups excluding carboxylic acids is 3. The summed E-state index contributed by atoms with van der Waals surface area (Å²) in [6.07, 6.45) is 3.60. The Balaban J connectivity index is 0.957. The quantitative estimate of drug-likeness (QED) is 0.432. The van der Waals surface area contributed by atoms with E-state index in [0.29, 0.717) is 24.4 Å². The molecule has 2 aromatic carbocycles. The molecule has 3 aromatic rings. The van der Waals surface area contributed by atoms with E-state index < -0.39 is 11.9 Å². The smallest absolute Gasteiger partial charge is 0.255 e. The number of pyridine rings is 1. The van der Waals surface area contributed by atoms with Gasteiger partial charge in [0.1, 0.15) is 17.9 Å². The predicted molar refractivity (Wildman–Crippen MR) is 161 cm³/mol. The molecule has 3 fully saturated rings. The van der Waals surface area contributed by atoms with Gasteiger partial charge < -0.3 is 14.4 Å². The molecule has 1 N–H and O–H groups in total. The number of fused-ring (bicyclic) bond motifs is 2. The molecule has 9 heteroatoms. The van der Waals surface area contributed by atoms with E-state index in [1.807, 2.05) is 12.1 Å². The number of hydrogen-bond acceptors (Lipinski definition) is 7. The van der Waals surface area contributed by atoms with Gasteiger partial charge in [-0.05, 0) is 87.1 Å². The highest BCUT2D eigenvalue weighted by molar-refractivity contribution is 6.05. The van der Waals surface area contributed by atoms with E-state index in [0.717, 1.165) is 68.0 Å². The SMILES string of the molecule is CC1(C)C[C@H](c2ccc3cc(CN4CC[C@H](Oc5ccc6c(c5)CN([C@H]5CCC(=O)NC5=O)C6=O)C4)ccc3n2)CCO1. The number of carbonyl (C=O) groups is 3. The maximum absolute atomic E-state index is 13.0. The Morgan fingerprint density at radius 3 is 2.77 bits per heavy atom. The third kappa shape index (κ3) is 5.76. The van der Waals surface area contributed by atoms with Gasteiger partial charge in [-0.15, -0.1) is 0 Å². The van der Waals surface area contributed by atoms with Crippen LogP contribution in [0.2, 0.25) is 0 Å². The predicted octanol–water partition coefficient (Wildman–Crippen LogP) is 4.32. The summed E-state index contributed by atoms with van der Waals surface area (Å²) in [5, 5.41) is 3.52. The van der Waals surface area contributed by atoms with Crippen LogP contribution >= 0.6 is 0 Å². The van der Waals surface area contributed by atoms with Gasteiger partial charge in [-0.25, -0.2) is 0 Å². The molecule has 0 unspecified atom stereocenters. The molecule has 0 spiro atoms. The first-order valence-electron chi connectivity index (χ1n) is 15.4. The zero-order valence-corrected chi connectivity index (χ0v) is 24.8. The molecule has 224 valence electrons. The monoisotopic (exact) mass is 582 g/mol. The number of imide groups is 1. The van der Waals surface area contributed by atoms with Crippen molar-refractivity contribution in [3.8, 4) is 5.75 Å². The van der Waals surface area contributed by atoms with Crippen molar-refractivity contribution in [3.63, 3.8) is 0 Å². The largest absolute Gasteiger partial charge is 0.489 e. The van der Waals surface area contributed by atoms with Crippen LogP contribution in [0.3, 0.4) is 0 Å². The van der Waals surface area contributed by atoms with Gasteiger partial charge in [0.15, 0.2) is 0 Å². The van der Waals surface area contributed by atoms with Crippen LogP contribution in [0.15, 0.2) is 48.5 Å². The molecule has 0 saturated carbocycles. The molecule has 9 nitrogen and oxygen atoms in total. The van der Waals surface area contributed by atoms with Gasteiger partial charge in [-0.3, -0.25) is 29.6 Å². The Morgan fingerprint density at radius 2 is 1.93 bits per heavy atom. The Labute approximate surface area is 251 Å². The van der Waals surface area contributed by atoms with Crippen molar-refractivity contribution in [2.24, 2.45) is 0 Å². The second kappa shape index (κ2) is 11.0. The van der Waals surface area contributed by atoms with Crippen molar-refractivity contribution in [3.05, 3.63) is 70.9 Å². The first-order chi connectivity index (χ1) is 20.7. The Kier molecular flexibility index (Phi) is 7.18. The van der Waals surface area contributed by atoms with Crippen molar-refractivity contribution in [1.29, 1.82) is 0 Å². The summed E-state index contributed by atoms with van der Waals surface area (Å²) in [7, 11) is 0. The third-order valence-corrected chi connectivity index (χ3v) is 9.32. The zero-order chi connectivity index (χ0) is 29.7. The number of piperidine rings is 1. The number of hydrogen-bond donors (Lipinski definition) is 1. The fraction of sp³-hybridized carbons (Fsp3) is 0.471. The Hall–Kier alpha value is -3.82. The third-order valence-electron chi connectivity index (χ3n) is 9.32. The number of amides is 3. The van der Waals surface area contributed by atoms with Crippen LogP contribution in [0, 0.1) is 0 Å². The summed E-state index contributed by atoms with van der Waals surface area (Å²) in [5.41, 5.74) is 4.82. The van der Waals surface area contributed by atoms with E-state index in [-0.39, 0.29) is 29.9 Å². The Bertz CT molecular complexity index is 1600. The summed E-state index contributed by atoms with van der Waals surface area (Å²) in [5.74, 6) is 0.325. The highest BCUT2D eigenvalue weighted by Crippen LogP contribution is 2.36. The van der Waals surface area contributed by atoms with Gasteiger partial charge in [0.05, 0.1) is 11.1 Å². The van der Waals surface area contributed by atoms with Crippen LogP contribution in [0.1, 0.15) is 79.0 Å². The minimum absolute atomic E-state index is 0.0646. The molecule has 0 aliphatic carbocycles. The summed E-state index contributed by atoms with van der Waals surface area (Å²) in [6.45, 7) is 8.08. The van der Waals surface area contributed by atoms with E-state index in [1.165, 1.54) is 10.9 Å². The molecule has 5 heterocycles. The minimum Gasteiger partial charge on any atom is -0.489 e. The van der Waals surface area contributed by atoms with Crippen LogP contribution in [0.4, 0.5) is 0 Å². The molecule has 4 aliphatic heterocycles. The fourth-order valence-corrected chi connectivity index (χ4v) is 7.11. The van der Waals surface area contributed by atoms with Crippen LogP contribution in [0.25, 0.3) is 10.9 Å². The summed E-state index contributed by atoms with van der Waals surface area (Å²) in [4.78, 5) is 45.9. The van der Waals surface area contributed by atoms with Gasteiger partial charge >= 0.3 is 0 Å². The summed E-state index contributed by atoms with van der Waals surface area (Å²) >= 11 is 0. The lowest BCUT2D eigenvalue weighted by molar-refractivity contribution is -0.136. The molecule has 3 amide bonds. The molecule has 0 bridgehead atoms. The average molecular weight is 583 g/mol. The standard InChI is InChI=1S/C34H38N4O5/c1-34(2)17-23(12-14-42-34)29-8-4-22-15-21(3-7-28(22)35-29)18-37-13-11-26(20-37)43-25-5-6-27-24(16-25)19-38(33(27)41)30-9-10-31(39)36-32(30)40/h3-8,15-16,23,26,30H,9-14,17-20H2,1-2H3,(H,36,39,40)/t23-,26+,30+/m1/s1. The molecule has 3 saturated heterocycles. The van der Waals surface area contributed by atoms with E-state index in [2.05, 4.69) is 54.4 Å². The van der Waals surface area contributed by atoms with Crippen LogP contribution in [-0.4, -0.2) is 69.9 Å². The van der Waals surface area contributed by atoms with E-state index in [9.17, 15) is 14.4 Å². The second-order valence-corrected chi connectivity index (χ2v) is 13.0. The van der Waals surface area contributed by atoms with Crippen molar-refractivity contribution in [2.45, 2.75) is 82.7 Å². The highest BCUT2D eigenvalue weighted by Gasteiger charge is 2.39. The molecule has 3 atom stereocenters. The molecule has 43 heavy (non-hydrogen) atoms. The summed E-state index contributed by atoms with van der Waals surface area (Å²) in [6, 6.07) is 15.9. The number of ether oxygens (including phenoxy) is 2. The fourth-order valence-electron chi connectivity index (χ4n) is 7.11. The average Bonchev–Trinajstić information content (AvgIpc) is 3.55. The molecule has 1 aromatic heterocycles. The maximum atomic E-state index is 13.0. The first kappa shape index (κ1) is 28.0. The highest BCUT2D eigenvalue weighted by atomic mass is 16.5. The lowest BCUT2D eigenvalue weighted by atomic mass is 9.86. The molecule has 0 radical (unpaired) electrons. The zero-order valence-electron chi connectivity index (χ0n) is 24.8. The second-order valence-electron chi connectivity index (χ2n) is 13.0. The number of nitrogens with one attached hydrogen (secondary N) is 1. The first-order valence-corrected chi connectivity index (χ1v) is 15.4.